The van der Waals surface area contributed by atoms with Gasteiger partial charge in [0.05, 0.1) is 0 Å². The summed E-state index contributed by atoms with van der Waals surface area (Å²) in [7, 11) is 0. The molecule has 5 aliphatic rings. The monoisotopic (exact) mass is 590 g/mol. The fourth-order valence-electron chi connectivity index (χ4n) is 9.75. The first kappa shape index (κ1) is 30.8. The Hall–Kier alpha value is -2.18. The Bertz CT molecular complexity index is 1240. The normalized spacial score (nSPS) is 28.0. The third kappa shape index (κ3) is 6.08. The van der Waals surface area contributed by atoms with E-state index in [-0.39, 0.29) is 11.9 Å². The predicted molar refractivity (Wildman–Crippen MR) is 175 cm³/mol. The van der Waals surface area contributed by atoms with Crippen molar-refractivity contribution in [1.29, 1.82) is 0 Å². The van der Waals surface area contributed by atoms with Gasteiger partial charge in [0.25, 0.3) is 5.91 Å². The fourth-order valence-corrected chi connectivity index (χ4v) is 9.75. The number of allylic oxidation sites excluding steroid dienone is 2. The summed E-state index contributed by atoms with van der Waals surface area (Å²) in [4.78, 5) is 22.2. The Morgan fingerprint density at radius 2 is 1.70 bits per heavy atom. The number of alkyl halides is 1. The Kier molecular flexibility index (Phi) is 8.34. The van der Waals surface area contributed by atoms with E-state index in [1.807, 2.05) is 11.0 Å². The first-order valence-corrected chi connectivity index (χ1v) is 17.1. The summed E-state index contributed by atoms with van der Waals surface area (Å²) in [5, 5.41) is 0. The molecule has 1 aromatic carbocycles. The number of likely N-dealkylation sites (tertiary alicyclic amines) is 1. The maximum Gasteiger partial charge on any atom is 0.254 e. The standard InChI is InChI=1S/C37H55FN4O/c1-7-8-27(2)42-24-29-23-31(13-14-32(29)34(42)43)41-21-19-39(20-22-41)26-37(38)15-17-40(18-16-37)30-11-9-28(10-12-30)33-35(3,4)25-36(33,5)6/h9-11,13-14,23,27,30,33H,7-8,12,15-22,24-26H2,1-6H3. The maximum atomic E-state index is 16.1. The largest absolute Gasteiger partial charge is 0.369 e. The molecule has 0 radical (unpaired) electrons. The van der Waals surface area contributed by atoms with Crippen molar-refractivity contribution in [2.24, 2.45) is 16.7 Å². The van der Waals surface area contributed by atoms with Gasteiger partial charge in [-0.05, 0) is 85.1 Å². The molecule has 6 heteroatoms. The molecule has 3 heterocycles. The van der Waals surface area contributed by atoms with E-state index in [9.17, 15) is 4.79 Å². The van der Waals surface area contributed by atoms with E-state index in [2.05, 4.69) is 86.6 Å². The van der Waals surface area contributed by atoms with Gasteiger partial charge >= 0.3 is 0 Å². The third-order valence-electron chi connectivity index (χ3n) is 11.5. The summed E-state index contributed by atoms with van der Waals surface area (Å²) < 4.78 is 16.1. The van der Waals surface area contributed by atoms with Gasteiger partial charge in [-0.15, -0.1) is 0 Å². The van der Waals surface area contributed by atoms with Crippen LogP contribution in [0, 0.1) is 16.7 Å². The first-order chi connectivity index (χ1) is 20.4. The number of hydrogen-bond acceptors (Lipinski definition) is 4. The third-order valence-corrected chi connectivity index (χ3v) is 11.5. The highest BCUT2D eigenvalue weighted by molar-refractivity contribution is 5.99. The van der Waals surface area contributed by atoms with Crippen molar-refractivity contribution >= 4 is 11.6 Å². The van der Waals surface area contributed by atoms with E-state index in [0.717, 1.165) is 76.2 Å². The first-order valence-electron chi connectivity index (χ1n) is 17.1. The molecular formula is C37H55FN4O. The van der Waals surface area contributed by atoms with Gasteiger partial charge in [-0.1, -0.05) is 59.3 Å². The van der Waals surface area contributed by atoms with E-state index in [4.69, 9.17) is 0 Å². The summed E-state index contributed by atoms with van der Waals surface area (Å²) in [5.41, 5.74) is 4.40. The van der Waals surface area contributed by atoms with Crippen molar-refractivity contribution < 1.29 is 9.18 Å². The minimum Gasteiger partial charge on any atom is -0.369 e. The topological polar surface area (TPSA) is 30.0 Å². The summed E-state index contributed by atoms with van der Waals surface area (Å²) in [5.74, 6) is 0.809. The molecular weight excluding hydrogens is 535 g/mol. The fraction of sp³-hybridized carbons (Fsp3) is 0.703. The van der Waals surface area contributed by atoms with Gasteiger partial charge in [0.2, 0.25) is 0 Å². The Morgan fingerprint density at radius 1 is 1.00 bits per heavy atom. The highest BCUT2D eigenvalue weighted by Gasteiger charge is 2.53. The van der Waals surface area contributed by atoms with Crippen LogP contribution in [0.1, 0.15) is 96.0 Å². The molecule has 2 saturated heterocycles. The van der Waals surface area contributed by atoms with Crippen LogP contribution in [0.4, 0.5) is 10.1 Å². The van der Waals surface area contributed by atoms with Crippen LogP contribution in [0.2, 0.25) is 0 Å². The quantitative estimate of drug-likeness (QED) is 0.324. The molecule has 43 heavy (non-hydrogen) atoms. The molecule has 1 amide bonds. The van der Waals surface area contributed by atoms with Crippen LogP contribution in [-0.4, -0.2) is 84.2 Å². The number of halogens is 1. The number of piperazine rings is 1. The molecule has 2 aliphatic carbocycles. The summed E-state index contributed by atoms with van der Waals surface area (Å²) in [6.45, 7) is 20.5. The van der Waals surface area contributed by atoms with Gasteiger partial charge in [0, 0.05) is 75.7 Å². The van der Waals surface area contributed by atoms with Gasteiger partial charge in [-0.2, -0.15) is 0 Å². The van der Waals surface area contributed by atoms with Crippen LogP contribution in [0.3, 0.4) is 0 Å². The Balaban J connectivity index is 0.967. The minimum atomic E-state index is -1.09. The molecule has 0 N–H and O–H groups in total. The molecule has 3 aliphatic heterocycles. The van der Waals surface area contributed by atoms with Crippen molar-refractivity contribution in [1.82, 2.24) is 14.7 Å². The van der Waals surface area contributed by atoms with Crippen LogP contribution >= 0.6 is 0 Å². The molecule has 2 atom stereocenters. The van der Waals surface area contributed by atoms with Gasteiger partial charge in [0.15, 0.2) is 0 Å². The van der Waals surface area contributed by atoms with Gasteiger partial charge in [0.1, 0.15) is 5.67 Å². The van der Waals surface area contributed by atoms with E-state index in [0.29, 0.717) is 42.2 Å². The maximum absolute atomic E-state index is 16.1. The van der Waals surface area contributed by atoms with Crippen LogP contribution in [0.15, 0.2) is 42.0 Å². The van der Waals surface area contributed by atoms with Crippen molar-refractivity contribution in [2.75, 3.05) is 50.7 Å². The average Bonchev–Trinajstić information content (AvgIpc) is 3.29. The van der Waals surface area contributed by atoms with E-state index < -0.39 is 5.67 Å². The summed E-state index contributed by atoms with van der Waals surface area (Å²) in [6, 6.07) is 7.04. The Labute approximate surface area is 260 Å². The highest BCUT2D eigenvalue weighted by atomic mass is 19.1. The number of carbonyl (C=O) groups excluding carboxylic acids is 1. The molecule has 3 fully saturated rings. The van der Waals surface area contributed by atoms with Crippen molar-refractivity contribution in [2.45, 2.75) is 104 Å². The number of nitrogens with zero attached hydrogens (tertiary/aromatic N) is 4. The zero-order chi connectivity index (χ0) is 30.6. The lowest BCUT2D eigenvalue weighted by molar-refractivity contribution is -0.0530. The number of fused-ring (bicyclic) bond motifs is 1. The minimum absolute atomic E-state index is 0.175. The van der Waals surface area contributed by atoms with Crippen molar-refractivity contribution in [3.8, 4) is 0 Å². The van der Waals surface area contributed by atoms with E-state index >= 15 is 4.39 Å². The van der Waals surface area contributed by atoms with E-state index in [1.165, 1.54) is 17.7 Å². The lowest BCUT2D eigenvalue weighted by atomic mass is 9.46. The smallest absolute Gasteiger partial charge is 0.254 e. The second-order valence-electron chi connectivity index (χ2n) is 15.8. The number of amides is 1. The molecule has 0 aromatic heterocycles. The van der Waals surface area contributed by atoms with Crippen LogP contribution in [0.25, 0.3) is 0 Å². The highest BCUT2D eigenvalue weighted by Crippen LogP contribution is 2.62. The molecule has 2 unspecified atom stereocenters. The number of benzene rings is 1. The second-order valence-corrected chi connectivity index (χ2v) is 15.8. The lowest BCUT2D eigenvalue weighted by Gasteiger charge is -2.59. The van der Waals surface area contributed by atoms with Gasteiger partial charge in [-0.3, -0.25) is 14.6 Å². The van der Waals surface area contributed by atoms with Crippen LogP contribution in [-0.2, 0) is 6.54 Å². The molecule has 1 saturated carbocycles. The number of hydrogen-bond donors (Lipinski definition) is 0. The zero-order valence-electron chi connectivity index (χ0n) is 27.7. The summed E-state index contributed by atoms with van der Waals surface area (Å²) in [6.07, 6.45) is 13.0. The van der Waals surface area contributed by atoms with Gasteiger partial charge in [-0.25, -0.2) is 4.39 Å². The molecule has 236 valence electrons. The number of carbonyl (C=O) groups is 1. The lowest BCUT2D eigenvalue weighted by Crippen LogP contribution is -2.54. The van der Waals surface area contributed by atoms with Crippen molar-refractivity contribution in [3.63, 3.8) is 0 Å². The molecule has 0 bridgehead atoms. The second kappa shape index (κ2) is 11.6. The SMILES string of the molecule is CCCC(C)N1Cc2cc(N3CCN(CC4(F)CCN(C5C=CC(C6C(C)(C)CC6(C)C)=CC5)CC4)CC3)ccc2C1=O. The average molecular weight is 591 g/mol. The number of piperidine rings is 1. The molecule has 0 spiro atoms. The Morgan fingerprint density at radius 3 is 2.30 bits per heavy atom. The zero-order valence-corrected chi connectivity index (χ0v) is 27.7. The van der Waals surface area contributed by atoms with Crippen LogP contribution < -0.4 is 4.90 Å². The number of anilines is 1. The van der Waals surface area contributed by atoms with Crippen molar-refractivity contribution in [3.05, 3.63) is 53.1 Å². The van der Waals surface area contributed by atoms with Crippen LogP contribution in [0.5, 0.6) is 0 Å². The predicted octanol–water partition coefficient (Wildman–Crippen LogP) is 7.08. The van der Waals surface area contributed by atoms with Gasteiger partial charge < -0.3 is 9.80 Å². The number of rotatable bonds is 8. The molecule has 6 rings (SSSR count). The summed E-state index contributed by atoms with van der Waals surface area (Å²) >= 11 is 0. The molecule has 1 aromatic rings. The van der Waals surface area contributed by atoms with E-state index in [1.54, 1.807) is 0 Å². The molecule has 5 nitrogen and oxygen atoms in total.